The molecule has 39 heavy (non-hydrogen) atoms. The number of nitrogens with two attached hydrogens (primary N) is 2. The maximum absolute atomic E-state index is 12.9. The fourth-order valence-corrected chi connectivity index (χ4v) is 3.62. The summed E-state index contributed by atoms with van der Waals surface area (Å²) < 4.78 is 0. The van der Waals surface area contributed by atoms with E-state index < -0.39 is 85.0 Å². The Morgan fingerprint density at radius 3 is 1.87 bits per heavy atom. The molecule has 0 radical (unpaired) electrons. The van der Waals surface area contributed by atoms with E-state index in [9.17, 15) is 43.8 Å². The minimum atomic E-state index is -1.82. The van der Waals surface area contributed by atoms with Crippen molar-refractivity contribution in [2.75, 3.05) is 0 Å². The molecule has 0 aliphatic heterocycles. The molecule has 2 aromatic rings. The summed E-state index contributed by atoms with van der Waals surface area (Å²) in [5, 5.41) is 34.7. The molecule has 0 spiro atoms. The number of primary amides is 1. The van der Waals surface area contributed by atoms with Gasteiger partial charge < -0.3 is 47.7 Å². The van der Waals surface area contributed by atoms with Crippen LogP contribution in [0.25, 0.3) is 10.9 Å². The lowest BCUT2D eigenvalue weighted by Gasteiger charge is -2.24. The van der Waals surface area contributed by atoms with Gasteiger partial charge in [0, 0.05) is 23.5 Å². The van der Waals surface area contributed by atoms with Crippen LogP contribution in [0.15, 0.2) is 30.5 Å². The summed E-state index contributed by atoms with van der Waals surface area (Å²) in [6.07, 6.45) is -1.19. The maximum Gasteiger partial charge on any atom is 0.326 e. The molecule has 0 saturated heterocycles. The van der Waals surface area contributed by atoms with Gasteiger partial charge in [0.05, 0.1) is 25.3 Å². The molecule has 1 heterocycles. The molecule has 0 bridgehead atoms. The first-order valence-electron chi connectivity index (χ1n) is 11.4. The number of carboxylic acid groups (broad SMARTS) is 3. The number of hydrogen-bond acceptors (Lipinski definition) is 8. The van der Waals surface area contributed by atoms with Gasteiger partial charge >= 0.3 is 17.9 Å². The number of rotatable bonds is 15. The van der Waals surface area contributed by atoms with Crippen molar-refractivity contribution < 1.29 is 48.9 Å². The zero-order valence-electron chi connectivity index (χ0n) is 20.4. The SMILES string of the molecule is NC(=O)CC(NC(=O)C(N)CC(=O)O)C(=O)NC(CC(=O)O)C(=O)NC(Cc1c[nH]c2ccccc12)C(=O)O. The molecule has 210 valence electrons. The zero-order chi connectivity index (χ0) is 29.3. The molecular formula is C23H28N6O10. The Kier molecular flexibility index (Phi) is 10.5. The van der Waals surface area contributed by atoms with Crippen molar-refractivity contribution >= 4 is 52.4 Å². The molecule has 4 atom stereocenters. The van der Waals surface area contributed by atoms with E-state index in [1.165, 1.54) is 0 Å². The molecule has 11 N–H and O–H groups in total. The minimum Gasteiger partial charge on any atom is -0.481 e. The van der Waals surface area contributed by atoms with Crippen molar-refractivity contribution in [3.05, 3.63) is 36.0 Å². The summed E-state index contributed by atoms with van der Waals surface area (Å²) >= 11 is 0. The Morgan fingerprint density at radius 1 is 0.769 bits per heavy atom. The molecule has 1 aromatic carbocycles. The third kappa shape index (κ3) is 9.12. The van der Waals surface area contributed by atoms with Gasteiger partial charge in [0.1, 0.15) is 18.1 Å². The third-order valence-corrected chi connectivity index (χ3v) is 5.49. The quantitative estimate of drug-likeness (QED) is 0.111. The summed E-state index contributed by atoms with van der Waals surface area (Å²) in [5.41, 5.74) is 11.8. The number of para-hydroxylation sites is 1. The first-order chi connectivity index (χ1) is 18.3. The molecule has 0 aliphatic carbocycles. The molecule has 1 aromatic heterocycles. The van der Waals surface area contributed by atoms with E-state index in [0.29, 0.717) is 10.9 Å². The van der Waals surface area contributed by atoms with Crippen molar-refractivity contribution in [2.24, 2.45) is 11.5 Å². The third-order valence-electron chi connectivity index (χ3n) is 5.49. The van der Waals surface area contributed by atoms with Gasteiger partial charge in [-0.3, -0.25) is 28.8 Å². The minimum absolute atomic E-state index is 0.180. The van der Waals surface area contributed by atoms with Crippen LogP contribution in [0.5, 0.6) is 0 Å². The predicted octanol–water partition coefficient (Wildman–Crippen LogP) is -2.60. The smallest absolute Gasteiger partial charge is 0.326 e. The van der Waals surface area contributed by atoms with Crippen LogP contribution in [0.3, 0.4) is 0 Å². The van der Waals surface area contributed by atoms with Crippen LogP contribution in [0.1, 0.15) is 24.8 Å². The van der Waals surface area contributed by atoms with Crippen LogP contribution in [-0.4, -0.2) is 86.0 Å². The normalized spacial score (nSPS) is 13.9. The Hall–Kier alpha value is -4.99. The van der Waals surface area contributed by atoms with Crippen LogP contribution in [0.4, 0.5) is 0 Å². The van der Waals surface area contributed by atoms with E-state index in [0.717, 1.165) is 5.52 Å². The van der Waals surface area contributed by atoms with Gasteiger partial charge in [-0.15, -0.1) is 0 Å². The number of H-pyrrole nitrogens is 1. The van der Waals surface area contributed by atoms with Crippen LogP contribution < -0.4 is 27.4 Å². The highest BCUT2D eigenvalue weighted by Gasteiger charge is 2.32. The van der Waals surface area contributed by atoms with E-state index in [4.69, 9.17) is 16.6 Å². The highest BCUT2D eigenvalue weighted by Crippen LogP contribution is 2.19. The van der Waals surface area contributed by atoms with Gasteiger partial charge in [-0.2, -0.15) is 0 Å². The Balaban J connectivity index is 2.19. The van der Waals surface area contributed by atoms with Gasteiger partial charge in [-0.1, -0.05) is 18.2 Å². The van der Waals surface area contributed by atoms with Gasteiger partial charge in [-0.25, -0.2) is 4.79 Å². The van der Waals surface area contributed by atoms with Crippen molar-refractivity contribution in [3.63, 3.8) is 0 Å². The van der Waals surface area contributed by atoms with Crippen molar-refractivity contribution in [3.8, 4) is 0 Å². The van der Waals surface area contributed by atoms with Gasteiger partial charge in [0.25, 0.3) is 0 Å². The lowest BCUT2D eigenvalue weighted by Crippen LogP contribution is -2.58. The molecule has 2 rings (SSSR count). The van der Waals surface area contributed by atoms with Crippen LogP contribution >= 0.6 is 0 Å². The molecule has 0 fully saturated rings. The molecule has 16 nitrogen and oxygen atoms in total. The lowest BCUT2D eigenvalue weighted by molar-refractivity contribution is -0.143. The van der Waals surface area contributed by atoms with E-state index >= 15 is 0 Å². The summed E-state index contributed by atoms with van der Waals surface area (Å²) in [5.74, 6) is -8.93. The number of nitrogens with one attached hydrogen (secondary N) is 4. The molecule has 4 unspecified atom stereocenters. The average molecular weight is 549 g/mol. The highest BCUT2D eigenvalue weighted by atomic mass is 16.4. The average Bonchev–Trinajstić information content (AvgIpc) is 3.24. The largest absolute Gasteiger partial charge is 0.481 e. The number of amides is 4. The number of carbonyl (C=O) groups excluding carboxylic acids is 4. The van der Waals surface area contributed by atoms with Crippen LogP contribution in [0, 0.1) is 0 Å². The van der Waals surface area contributed by atoms with Crippen LogP contribution in [0.2, 0.25) is 0 Å². The van der Waals surface area contributed by atoms with Crippen molar-refractivity contribution in [1.82, 2.24) is 20.9 Å². The van der Waals surface area contributed by atoms with Crippen LogP contribution in [-0.2, 0) is 40.0 Å². The van der Waals surface area contributed by atoms with Gasteiger partial charge in [-0.05, 0) is 11.6 Å². The Morgan fingerprint density at radius 2 is 1.31 bits per heavy atom. The number of hydrogen-bond donors (Lipinski definition) is 9. The standard InChI is InChI=1S/C23H28N6O10/c24-12(6-18(31)32)20(35)27-14(7-17(25)30)21(36)28-15(8-19(33)34)22(37)29-16(23(38)39)5-10-9-26-13-4-2-1-3-11(10)13/h1-4,9,12,14-16,26H,5-8,24H2,(H2,25,30)(H,27,35)(H,28,36)(H,29,37)(H,31,32)(H,33,34)(H,38,39). The van der Waals surface area contributed by atoms with Crippen molar-refractivity contribution in [2.45, 2.75) is 49.9 Å². The summed E-state index contributed by atoms with van der Waals surface area (Å²) in [6, 6.07) is 0.352. The van der Waals surface area contributed by atoms with E-state index in [-0.39, 0.29) is 6.42 Å². The number of benzene rings is 1. The maximum atomic E-state index is 12.9. The second-order valence-corrected chi connectivity index (χ2v) is 8.56. The fourth-order valence-electron chi connectivity index (χ4n) is 3.62. The van der Waals surface area contributed by atoms with Crippen molar-refractivity contribution in [1.29, 1.82) is 0 Å². The number of aromatic nitrogens is 1. The molecule has 4 amide bonds. The number of fused-ring (bicyclic) bond motifs is 1. The highest BCUT2D eigenvalue weighted by molar-refractivity contribution is 5.97. The second kappa shape index (κ2) is 13.5. The van der Waals surface area contributed by atoms with Gasteiger partial charge in [0.2, 0.25) is 23.6 Å². The predicted molar refractivity (Wildman–Crippen MR) is 132 cm³/mol. The Labute approximate surface area is 220 Å². The summed E-state index contributed by atoms with van der Waals surface area (Å²) in [7, 11) is 0. The van der Waals surface area contributed by atoms with E-state index in [1.807, 2.05) is 5.32 Å². The molecule has 16 heteroatoms. The number of carbonyl (C=O) groups is 7. The summed E-state index contributed by atoms with van der Waals surface area (Å²) in [6.45, 7) is 0. The lowest BCUT2D eigenvalue weighted by atomic mass is 10.0. The monoisotopic (exact) mass is 548 g/mol. The topological polar surface area (TPSA) is 284 Å². The second-order valence-electron chi connectivity index (χ2n) is 8.56. The number of aliphatic carboxylic acids is 3. The molecular weight excluding hydrogens is 520 g/mol. The first kappa shape index (κ1) is 30.2. The number of carboxylic acids is 3. The fraction of sp³-hybridized carbons (Fsp3) is 0.348. The van der Waals surface area contributed by atoms with E-state index in [2.05, 4.69) is 15.6 Å². The number of aromatic amines is 1. The Bertz CT molecular complexity index is 1280. The molecule has 0 saturated carbocycles. The van der Waals surface area contributed by atoms with E-state index in [1.54, 1.807) is 30.5 Å². The first-order valence-corrected chi connectivity index (χ1v) is 11.4. The zero-order valence-corrected chi connectivity index (χ0v) is 20.4. The summed E-state index contributed by atoms with van der Waals surface area (Å²) in [4.78, 5) is 86.3. The van der Waals surface area contributed by atoms with Gasteiger partial charge in [0.15, 0.2) is 0 Å². The molecule has 0 aliphatic rings.